The summed E-state index contributed by atoms with van der Waals surface area (Å²) in [5, 5.41) is 11.7. The zero-order valence-electron chi connectivity index (χ0n) is 15.7. The molecule has 0 radical (unpaired) electrons. The van der Waals surface area contributed by atoms with E-state index in [0.29, 0.717) is 18.7 Å². The van der Waals surface area contributed by atoms with Crippen LogP contribution in [0.3, 0.4) is 0 Å². The lowest BCUT2D eigenvalue weighted by molar-refractivity contribution is -0.0911. The molecule has 4 aliphatic rings. The number of aliphatic hydroxyl groups excluding tert-OH is 1. The van der Waals surface area contributed by atoms with Crippen LogP contribution in [0.2, 0.25) is 0 Å². The second-order valence-electron chi connectivity index (χ2n) is 9.18. The maximum atomic E-state index is 10.6. The van der Waals surface area contributed by atoms with Gasteiger partial charge in [0.25, 0.3) is 0 Å². The Kier molecular flexibility index (Phi) is 4.02. The highest BCUT2D eigenvalue weighted by molar-refractivity contribution is 5.85. The fraction of sp³-hybridized carbons (Fsp3) is 0.636. The summed E-state index contributed by atoms with van der Waals surface area (Å²) >= 11 is 0. The Balaban J connectivity index is 1.22. The molecule has 1 unspecified atom stereocenters. The molecule has 4 bridgehead atoms. The number of hydrogen-bond acceptors (Lipinski definition) is 3. The van der Waals surface area contributed by atoms with Crippen LogP contribution in [0.4, 0.5) is 0 Å². The highest BCUT2D eigenvalue weighted by atomic mass is 16.5. The minimum absolute atomic E-state index is 0.344. The molecule has 0 spiro atoms. The molecule has 1 aromatic heterocycles. The summed E-state index contributed by atoms with van der Waals surface area (Å²) in [4.78, 5) is 5.68. The van der Waals surface area contributed by atoms with Crippen molar-refractivity contribution in [2.24, 2.45) is 17.8 Å². The fourth-order valence-electron chi connectivity index (χ4n) is 6.46. The van der Waals surface area contributed by atoms with E-state index in [9.17, 15) is 5.11 Å². The molecule has 0 saturated heterocycles. The number of hydrogen-bond donors (Lipinski definition) is 2. The highest BCUT2D eigenvalue weighted by Crippen LogP contribution is 2.57. The normalized spacial score (nSPS) is 33.9. The van der Waals surface area contributed by atoms with Gasteiger partial charge in [0, 0.05) is 29.2 Å². The molecule has 1 atom stereocenters. The molecule has 140 valence electrons. The molecule has 4 saturated carbocycles. The van der Waals surface area contributed by atoms with Crippen molar-refractivity contribution in [2.45, 2.75) is 50.2 Å². The van der Waals surface area contributed by atoms with Gasteiger partial charge in [-0.05, 0) is 81.5 Å². The SMILES string of the molecule is CN(CC(O)COc1cccc2[nH]ccc12)C12CC3CC(CC(C3)C1)C2. The van der Waals surface area contributed by atoms with Gasteiger partial charge in [0.1, 0.15) is 18.5 Å². The monoisotopic (exact) mass is 354 g/mol. The third-order valence-corrected chi connectivity index (χ3v) is 7.29. The average molecular weight is 354 g/mol. The van der Waals surface area contributed by atoms with Gasteiger partial charge in [0.15, 0.2) is 0 Å². The van der Waals surface area contributed by atoms with Crippen molar-refractivity contribution in [3.63, 3.8) is 0 Å². The second kappa shape index (κ2) is 6.28. The number of aromatic nitrogens is 1. The van der Waals surface area contributed by atoms with Crippen LogP contribution in [0.5, 0.6) is 5.75 Å². The first-order chi connectivity index (χ1) is 12.6. The van der Waals surface area contributed by atoms with E-state index in [0.717, 1.165) is 34.4 Å². The molecular weight excluding hydrogens is 324 g/mol. The first-order valence-corrected chi connectivity index (χ1v) is 10.2. The van der Waals surface area contributed by atoms with Crippen LogP contribution in [-0.4, -0.2) is 46.8 Å². The molecule has 4 nitrogen and oxygen atoms in total. The molecule has 6 rings (SSSR count). The molecule has 1 heterocycles. The largest absolute Gasteiger partial charge is 0.490 e. The van der Waals surface area contributed by atoms with Crippen LogP contribution in [-0.2, 0) is 0 Å². The van der Waals surface area contributed by atoms with Crippen LogP contribution in [0.15, 0.2) is 30.5 Å². The van der Waals surface area contributed by atoms with E-state index in [2.05, 4.69) is 16.9 Å². The van der Waals surface area contributed by atoms with Gasteiger partial charge >= 0.3 is 0 Å². The predicted molar refractivity (Wildman–Crippen MR) is 103 cm³/mol. The fourth-order valence-corrected chi connectivity index (χ4v) is 6.46. The summed E-state index contributed by atoms with van der Waals surface area (Å²) < 4.78 is 5.96. The zero-order chi connectivity index (χ0) is 17.7. The van der Waals surface area contributed by atoms with Crippen molar-refractivity contribution in [1.29, 1.82) is 0 Å². The Morgan fingerprint density at radius 2 is 1.85 bits per heavy atom. The summed E-state index contributed by atoms with van der Waals surface area (Å²) in [6.07, 6.45) is 9.86. The van der Waals surface area contributed by atoms with Crippen molar-refractivity contribution >= 4 is 10.9 Å². The molecular formula is C22H30N2O2. The van der Waals surface area contributed by atoms with Gasteiger partial charge in [-0.2, -0.15) is 0 Å². The van der Waals surface area contributed by atoms with Gasteiger partial charge < -0.3 is 14.8 Å². The average Bonchev–Trinajstić information content (AvgIpc) is 3.08. The summed E-state index contributed by atoms with van der Waals surface area (Å²) in [5.41, 5.74) is 1.42. The van der Waals surface area contributed by atoms with E-state index in [1.54, 1.807) is 0 Å². The lowest BCUT2D eigenvalue weighted by Crippen LogP contribution is -2.60. The molecule has 0 aliphatic heterocycles. The van der Waals surface area contributed by atoms with Crippen LogP contribution in [0, 0.1) is 17.8 Å². The van der Waals surface area contributed by atoms with Gasteiger partial charge in [0.05, 0.1) is 0 Å². The number of nitrogens with one attached hydrogen (secondary N) is 1. The lowest BCUT2D eigenvalue weighted by atomic mass is 9.52. The smallest absolute Gasteiger partial charge is 0.128 e. The van der Waals surface area contributed by atoms with E-state index in [1.807, 2.05) is 30.5 Å². The molecule has 26 heavy (non-hydrogen) atoms. The molecule has 4 fully saturated rings. The number of nitrogens with zero attached hydrogens (tertiary/aromatic N) is 1. The number of aromatic amines is 1. The third-order valence-electron chi connectivity index (χ3n) is 7.29. The van der Waals surface area contributed by atoms with Crippen molar-refractivity contribution in [1.82, 2.24) is 9.88 Å². The Bertz CT molecular complexity index is 748. The number of likely N-dealkylation sites (N-methyl/N-ethyl adjacent to an activating group) is 1. The minimum Gasteiger partial charge on any atom is -0.490 e. The van der Waals surface area contributed by atoms with Gasteiger partial charge in [-0.15, -0.1) is 0 Å². The highest BCUT2D eigenvalue weighted by Gasteiger charge is 2.52. The summed E-state index contributed by atoms with van der Waals surface area (Å²) in [7, 11) is 2.23. The van der Waals surface area contributed by atoms with Gasteiger partial charge in [0.2, 0.25) is 0 Å². The number of rotatable bonds is 6. The second-order valence-corrected chi connectivity index (χ2v) is 9.18. The van der Waals surface area contributed by atoms with Crippen LogP contribution in [0.25, 0.3) is 10.9 Å². The molecule has 2 N–H and O–H groups in total. The molecule has 1 aromatic carbocycles. The van der Waals surface area contributed by atoms with Crippen molar-refractivity contribution in [3.05, 3.63) is 30.5 Å². The molecule has 4 heteroatoms. The van der Waals surface area contributed by atoms with Crippen LogP contribution in [0.1, 0.15) is 38.5 Å². The van der Waals surface area contributed by atoms with E-state index < -0.39 is 6.10 Å². The maximum absolute atomic E-state index is 10.6. The van der Waals surface area contributed by atoms with E-state index in [4.69, 9.17) is 4.74 Å². The predicted octanol–water partition coefficient (Wildman–Crippen LogP) is 3.81. The van der Waals surface area contributed by atoms with Crippen molar-refractivity contribution in [2.75, 3.05) is 20.2 Å². The van der Waals surface area contributed by atoms with Crippen molar-refractivity contribution < 1.29 is 9.84 Å². The number of β-amino-alcohol motifs (C(OH)–C–C–N with tert-alkyl or cyclic N) is 1. The topological polar surface area (TPSA) is 48.5 Å². The maximum Gasteiger partial charge on any atom is 0.128 e. The first kappa shape index (κ1) is 16.6. The number of H-pyrrole nitrogens is 1. The zero-order valence-corrected chi connectivity index (χ0v) is 15.7. The van der Waals surface area contributed by atoms with Crippen LogP contribution >= 0.6 is 0 Å². The Hall–Kier alpha value is -1.52. The van der Waals surface area contributed by atoms with Gasteiger partial charge in [-0.3, -0.25) is 4.90 Å². The first-order valence-electron chi connectivity index (χ1n) is 10.2. The Morgan fingerprint density at radius 1 is 1.15 bits per heavy atom. The number of fused-ring (bicyclic) bond motifs is 1. The summed E-state index contributed by atoms with van der Waals surface area (Å²) in [6, 6.07) is 8.03. The van der Waals surface area contributed by atoms with E-state index in [-0.39, 0.29) is 0 Å². The number of aliphatic hydroxyl groups is 1. The lowest BCUT2D eigenvalue weighted by Gasteiger charge is -2.60. The van der Waals surface area contributed by atoms with Crippen molar-refractivity contribution in [3.8, 4) is 5.75 Å². The minimum atomic E-state index is -0.456. The number of benzene rings is 1. The van der Waals surface area contributed by atoms with E-state index >= 15 is 0 Å². The summed E-state index contributed by atoms with van der Waals surface area (Å²) in [6.45, 7) is 1.05. The molecule has 0 amide bonds. The Labute approximate surface area is 155 Å². The quantitative estimate of drug-likeness (QED) is 0.829. The van der Waals surface area contributed by atoms with E-state index in [1.165, 1.54) is 38.5 Å². The Morgan fingerprint density at radius 3 is 2.54 bits per heavy atom. The number of ether oxygens (including phenoxy) is 1. The van der Waals surface area contributed by atoms with Gasteiger partial charge in [-0.1, -0.05) is 6.07 Å². The standard InChI is InChI=1S/C22H30N2O2/c1-24(22-10-15-7-16(11-22)9-17(8-15)12-22)13-18(25)14-26-21-4-2-3-20-19(21)5-6-23-20/h2-6,15-18,23,25H,7-14H2,1H3. The summed E-state index contributed by atoms with van der Waals surface area (Å²) in [5.74, 6) is 3.65. The third kappa shape index (κ3) is 2.84. The molecule has 2 aromatic rings. The van der Waals surface area contributed by atoms with Gasteiger partial charge in [-0.25, -0.2) is 0 Å². The van der Waals surface area contributed by atoms with Crippen LogP contribution < -0.4 is 4.74 Å². The molecule has 4 aliphatic carbocycles.